The molecule has 0 aliphatic rings. The van der Waals surface area contributed by atoms with E-state index in [4.69, 9.17) is 0 Å². The maximum Gasteiger partial charge on any atom is 0.0925 e. The number of hydrogen-bond donors (Lipinski definition) is 2. The van der Waals surface area contributed by atoms with Gasteiger partial charge in [0.25, 0.3) is 0 Å². The Hall–Kier alpha value is -0.830. The molecule has 1 aromatic rings. The minimum atomic E-state index is 0.369. The molecule has 15 heavy (non-hydrogen) atoms. The molecular formula is C12H23N3. The van der Waals surface area contributed by atoms with E-state index in [1.54, 1.807) is 6.33 Å². The van der Waals surface area contributed by atoms with E-state index in [1.807, 2.05) is 0 Å². The lowest BCUT2D eigenvalue weighted by Crippen LogP contribution is -2.29. The number of nitrogens with one attached hydrogen (secondary N) is 2. The van der Waals surface area contributed by atoms with Crippen molar-refractivity contribution in [3.05, 3.63) is 17.7 Å². The Labute approximate surface area is 92.7 Å². The van der Waals surface area contributed by atoms with E-state index in [0.29, 0.717) is 11.3 Å². The van der Waals surface area contributed by atoms with Crippen LogP contribution in [0.4, 0.5) is 0 Å². The molecule has 3 heteroatoms. The zero-order valence-corrected chi connectivity index (χ0v) is 10.5. The average Bonchev–Trinajstić information content (AvgIpc) is 2.50. The predicted molar refractivity (Wildman–Crippen MR) is 63.7 cm³/mol. The molecule has 0 bridgehead atoms. The van der Waals surface area contributed by atoms with Gasteiger partial charge < -0.3 is 10.3 Å². The molecular weight excluding hydrogens is 186 g/mol. The highest BCUT2D eigenvalue weighted by atomic mass is 14.9. The van der Waals surface area contributed by atoms with E-state index in [2.05, 4.69) is 49.9 Å². The molecule has 0 saturated heterocycles. The molecule has 0 fully saturated rings. The Kier molecular flexibility index (Phi) is 3.91. The summed E-state index contributed by atoms with van der Waals surface area (Å²) < 4.78 is 0. The highest BCUT2D eigenvalue weighted by Gasteiger charge is 2.19. The molecule has 1 aromatic heterocycles. The van der Waals surface area contributed by atoms with Crippen LogP contribution in [-0.2, 0) is 6.54 Å². The highest BCUT2D eigenvalue weighted by molar-refractivity contribution is 5.07. The number of aromatic amines is 1. The third-order valence-electron chi connectivity index (χ3n) is 3.16. The Balaban J connectivity index is 2.31. The number of imidazole rings is 1. The van der Waals surface area contributed by atoms with Gasteiger partial charge in [-0.25, -0.2) is 4.98 Å². The van der Waals surface area contributed by atoms with Crippen LogP contribution < -0.4 is 5.32 Å². The van der Waals surface area contributed by atoms with Gasteiger partial charge in [0.2, 0.25) is 0 Å². The Morgan fingerprint density at radius 3 is 2.60 bits per heavy atom. The van der Waals surface area contributed by atoms with E-state index in [9.17, 15) is 0 Å². The van der Waals surface area contributed by atoms with Crippen LogP contribution >= 0.6 is 0 Å². The lowest BCUT2D eigenvalue weighted by atomic mass is 9.82. The fraction of sp³-hybridized carbons (Fsp3) is 0.750. The molecule has 0 saturated carbocycles. The molecule has 0 aromatic carbocycles. The summed E-state index contributed by atoms with van der Waals surface area (Å²) in [5.41, 5.74) is 2.65. The summed E-state index contributed by atoms with van der Waals surface area (Å²) in [4.78, 5) is 7.34. The number of rotatable bonds is 4. The van der Waals surface area contributed by atoms with Gasteiger partial charge in [-0.3, -0.25) is 0 Å². The fourth-order valence-corrected chi connectivity index (χ4v) is 1.28. The third kappa shape index (κ3) is 3.67. The standard InChI is InChI=1S/C12H23N3/c1-9(12(3,4)5)6-13-7-11-10(2)14-8-15-11/h8-9,13H,6-7H2,1-5H3,(H,14,15). The second kappa shape index (κ2) is 4.79. The van der Waals surface area contributed by atoms with Crippen LogP contribution in [0.25, 0.3) is 0 Å². The molecule has 3 nitrogen and oxygen atoms in total. The monoisotopic (exact) mass is 209 g/mol. The van der Waals surface area contributed by atoms with Crippen molar-refractivity contribution in [2.24, 2.45) is 11.3 Å². The molecule has 86 valence electrons. The summed E-state index contributed by atoms with van der Waals surface area (Å²) in [5.74, 6) is 0.664. The molecule has 0 aliphatic carbocycles. The van der Waals surface area contributed by atoms with E-state index >= 15 is 0 Å². The molecule has 1 rings (SSSR count). The summed E-state index contributed by atoms with van der Waals surface area (Å²) in [6.45, 7) is 13.1. The van der Waals surface area contributed by atoms with Crippen molar-refractivity contribution in [1.29, 1.82) is 0 Å². The van der Waals surface area contributed by atoms with Crippen LogP contribution in [0, 0.1) is 18.3 Å². The number of aryl methyl sites for hydroxylation is 1. The highest BCUT2D eigenvalue weighted by Crippen LogP contribution is 2.24. The smallest absolute Gasteiger partial charge is 0.0925 e. The normalized spacial score (nSPS) is 14.2. The van der Waals surface area contributed by atoms with E-state index in [-0.39, 0.29) is 0 Å². The van der Waals surface area contributed by atoms with Crippen LogP contribution in [0.15, 0.2) is 6.33 Å². The molecule has 1 unspecified atom stereocenters. The Morgan fingerprint density at radius 2 is 2.13 bits per heavy atom. The molecule has 0 aliphatic heterocycles. The molecule has 0 amide bonds. The number of hydrogen-bond acceptors (Lipinski definition) is 2. The molecule has 1 heterocycles. The summed E-state index contributed by atoms with van der Waals surface area (Å²) >= 11 is 0. The zero-order valence-electron chi connectivity index (χ0n) is 10.5. The fourth-order valence-electron chi connectivity index (χ4n) is 1.28. The van der Waals surface area contributed by atoms with Crippen molar-refractivity contribution >= 4 is 0 Å². The number of aromatic nitrogens is 2. The van der Waals surface area contributed by atoms with Crippen LogP contribution in [0.1, 0.15) is 39.1 Å². The van der Waals surface area contributed by atoms with Crippen LogP contribution in [0.3, 0.4) is 0 Å². The number of nitrogens with zero attached hydrogens (tertiary/aromatic N) is 1. The maximum absolute atomic E-state index is 4.26. The van der Waals surface area contributed by atoms with E-state index < -0.39 is 0 Å². The summed E-state index contributed by atoms with van der Waals surface area (Å²) in [5, 5.41) is 3.45. The maximum atomic E-state index is 4.26. The van der Waals surface area contributed by atoms with Crippen molar-refractivity contribution in [1.82, 2.24) is 15.3 Å². The molecule has 1 atom stereocenters. The average molecular weight is 209 g/mol. The first-order valence-corrected chi connectivity index (χ1v) is 5.61. The van der Waals surface area contributed by atoms with Gasteiger partial charge in [-0.05, 0) is 24.8 Å². The second-order valence-electron chi connectivity index (χ2n) is 5.37. The first kappa shape index (κ1) is 12.2. The largest absolute Gasteiger partial charge is 0.348 e. The Bertz CT molecular complexity index is 296. The predicted octanol–water partition coefficient (Wildman–Crippen LogP) is 2.49. The zero-order chi connectivity index (χ0) is 11.5. The number of H-pyrrole nitrogens is 1. The van der Waals surface area contributed by atoms with Gasteiger partial charge in [0, 0.05) is 12.2 Å². The van der Waals surface area contributed by atoms with Gasteiger partial charge in [0.05, 0.1) is 12.0 Å². The van der Waals surface area contributed by atoms with Gasteiger partial charge in [-0.15, -0.1) is 0 Å². The lowest BCUT2D eigenvalue weighted by Gasteiger charge is -2.27. The topological polar surface area (TPSA) is 40.7 Å². The SMILES string of the molecule is Cc1[nH]cnc1CNCC(C)C(C)(C)C. The van der Waals surface area contributed by atoms with Crippen molar-refractivity contribution in [2.45, 2.75) is 41.2 Å². The quantitative estimate of drug-likeness (QED) is 0.800. The van der Waals surface area contributed by atoms with Crippen molar-refractivity contribution in [3.63, 3.8) is 0 Å². The molecule has 0 spiro atoms. The van der Waals surface area contributed by atoms with E-state index in [1.165, 1.54) is 0 Å². The summed E-state index contributed by atoms with van der Waals surface area (Å²) in [6, 6.07) is 0. The second-order valence-corrected chi connectivity index (χ2v) is 5.37. The lowest BCUT2D eigenvalue weighted by molar-refractivity contribution is 0.252. The van der Waals surface area contributed by atoms with Crippen LogP contribution in [-0.4, -0.2) is 16.5 Å². The molecule has 2 N–H and O–H groups in total. The van der Waals surface area contributed by atoms with Gasteiger partial charge in [0.15, 0.2) is 0 Å². The van der Waals surface area contributed by atoms with Gasteiger partial charge in [-0.2, -0.15) is 0 Å². The van der Waals surface area contributed by atoms with E-state index in [0.717, 1.165) is 24.5 Å². The summed E-state index contributed by atoms with van der Waals surface area (Å²) in [7, 11) is 0. The minimum Gasteiger partial charge on any atom is -0.348 e. The van der Waals surface area contributed by atoms with Crippen molar-refractivity contribution < 1.29 is 0 Å². The minimum absolute atomic E-state index is 0.369. The van der Waals surface area contributed by atoms with Crippen molar-refractivity contribution in [2.75, 3.05) is 6.54 Å². The Morgan fingerprint density at radius 1 is 1.47 bits per heavy atom. The molecule has 0 radical (unpaired) electrons. The van der Waals surface area contributed by atoms with Crippen molar-refractivity contribution in [3.8, 4) is 0 Å². The van der Waals surface area contributed by atoms with Crippen LogP contribution in [0.2, 0.25) is 0 Å². The summed E-state index contributed by atoms with van der Waals surface area (Å²) in [6.07, 6.45) is 1.75. The van der Waals surface area contributed by atoms with Gasteiger partial charge in [0.1, 0.15) is 0 Å². The van der Waals surface area contributed by atoms with Gasteiger partial charge >= 0.3 is 0 Å². The van der Waals surface area contributed by atoms with Gasteiger partial charge in [-0.1, -0.05) is 27.7 Å². The van der Waals surface area contributed by atoms with Crippen LogP contribution in [0.5, 0.6) is 0 Å². The third-order valence-corrected chi connectivity index (χ3v) is 3.16. The first-order chi connectivity index (χ1) is 6.91. The first-order valence-electron chi connectivity index (χ1n) is 5.61.